The van der Waals surface area contributed by atoms with Crippen molar-refractivity contribution >= 4 is 11.0 Å². The maximum atomic E-state index is 13.4. The first-order valence-corrected chi connectivity index (χ1v) is 9.82. The van der Waals surface area contributed by atoms with Crippen LogP contribution in [0.1, 0.15) is 16.7 Å². The molecule has 4 aromatic rings. The number of hydrogen-bond acceptors (Lipinski definition) is 6. The predicted molar refractivity (Wildman–Crippen MR) is 118 cm³/mol. The summed E-state index contributed by atoms with van der Waals surface area (Å²) in [4.78, 5) is 13.4. The van der Waals surface area contributed by atoms with Gasteiger partial charge in [0.05, 0.1) is 25.8 Å². The van der Waals surface area contributed by atoms with Crippen molar-refractivity contribution in [2.24, 2.45) is 7.05 Å². The number of rotatable bonds is 6. The van der Waals surface area contributed by atoms with Crippen molar-refractivity contribution in [3.05, 3.63) is 69.6 Å². The van der Waals surface area contributed by atoms with Crippen LogP contribution in [0.2, 0.25) is 0 Å². The summed E-state index contributed by atoms with van der Waals surface area (Å²) in [7, 11) is 4.96. The van der Waals surface area contributed by atoms with Crippen LogP contribution in [-0.4, -0.2) is 24.0 Å². The second-order valence-corrected chi connectivity index (χ2v) is 7.40. The van der Waals surface area contributed by atoms with Crippen molar-refractivity contribution < 1.29 is 18.6 Å². The molecular formula is C24H24N2O5. The summed E-state index contributed by atoms with van der Waals surface area (Å²) in [5.74, 6) is 1.59. The van der Waals surface area contributed by atoms with Crippen LogP contribution in [0.5, 0.6) is 17.2 Å². The Morgan fingerprint density at radius 1 is 1.03 bits per heavy atom. The first-order chi connectivity index (χ1) is 14.9. The quantitative estimate of drug-likeness (QED) is 0.460. The normalized spacial score (nSPS) is 11.0. The molecule has 0 unspecified atom stereocenters. The highest BCUT2D eigenvalue weighted by Crippen LogP contribution is 2.37. The third kappa shape index (κ3) is 3.86. The third-order valence-corrected chi connectivity index (χ3v) is 5.25. The van der Waals surface area contributed by atoms with Gasteiger partial charge in [0.25, 0.3) is 0 Å². The summed E-state index contributed by atoms with van der Waals surface area (Å²) < 4.78 is 24.7. The second-order valence-electron chi connectivity index (χ2n) is 7.40. The van der Waals surface area contributed by atoms with E-state index < -0.39 is 0 Å². The fourth-order valence-electron chi connectivity index (χ4n) is 3.43. The van der Waals surface area contributed by atoms with E-state index in [-0.39, 0.29) is 17.8 Å². The van der Waals surface area contributed by atoms with E-state index in [4.69, 9.17) is 18.6 Å². The van der Waals surface area contributed by atoms with Gasteiger partial charge in [-0.3, -0.25) is 9.48 Å². The fraction of sp³-hybridized carbons (Fsp3) is 0.250. The molecule has 0 aliphatic carbocycles. The summed E-state index contributed by atoms with van der Waals surface area (Å²) in [6.45, 7) is 4.14. The molecule has 0 spiro atoms. The van der Waals surface area contributed by atoms with E-state index in [0.29, 0.717) is 33.8 Å². The molecular weight excluding hydrogens is 396 g/mol. The maximum Gasteiger partial charge on any atom is 0.235 e. The SMILES string of the molecule is COc1ccc(-c2oc3cc(C)c(C)cc3c(=O)c2OCc2cnn(C)c2)cc1OC. The Morgan fingerprint density at radius 2 is 1.77 bits per heavy atom. The molecule has 0 N–H and O–H groups in total. The molecule has 7 nitrogen and oxygen atoms in total. The van der Waals surface area contributed by atoms with Gasteiger partial charge in [-0.25, -0.2) is 0 Å². The van der Waals surface area contributed by atoms with E-state index in [9.17, 15) is 4.79 Å². The smallest absolute Gasteiger partial charge is 0.235 e. The van der Waals surface area contributed by atoms with Crippen LogP contribution in [0.15, 0.2) is 51.9 Å². The molecule has 31 heavy (non-hydrogen) atoms. The van der Waals surface area contributed by atoms with E-state index in [1.54, 1.807) is 37.2 Å². The Hall–Kier alpha value is -3.74. The standard InChI is InChI=1S/C24H24N2O5/c1-14-8-18-20(9-15(14)2)31-23(17-6-7-19(28-4)21(10-17)29-5)24(22(18)27)30-13-16-11-25-26(3)12-16/h6-12H,13H2,1-5H3. The molecule has 0 atom stereocenters. The van der Waals surface area contributed by atoms with Crippen molar-refractivity contribution in [3.63, 3.8) is 0 Å². The molecule has 7 heteroatoms. The van der Waals surface area contributed by atoms with Crippen LogP contribution in [0.25, 0.3) is 22.3 Å². The van der Waals surface area contributed by atoms with Gasteiger partial charge in [-0.1, -0.05) is 0 Å². The maximum absolute atomic E-state index is 13.4. The fourth-order valence-corrected chi connectivity index (χ4v) is 3.43. The molecule has 0 radical (unpaired) electrons. The van der Waals surface area contributed by atoms with Crippen LogP contribution >= 0.6 is 0 Å². The van der Waals surface area contributed by atoms with E-state index >= 15 is 0 Å². The molecule has 0 aliphatic rings. The van der Waals surface area contributed by atoms with Crippen molar-refractivity contribution in [1.29, 1.82) is 0 Å². The highest BCUT2D eigenvalue weighted by Gasteiger charge is 2.20. The lowest BCUT2D eigenvalue weighted by Gasteiger charge is -2.14. The zero-order chi connectivity index (χ0) is 22.1. The van der Waals surface area contributed by atoms with Crippen molar-refractivity contribution in [2.45, 2.75) is 20.5 Å². The van der Waals surface area contributed by atoms with Crippen molar-refractivity contribution in [1.82, 2.24) is 9.78 Å². The van der Waals surface area contributed by atoms with Gasteiger partial charge < -0.3 is 18.6 Å². The molecule has 0 aliphatic heterocycles. The van der Waals surface area contributed by atoms with Crippen LogP contribution in [-0.2, 0) is 13.7 Å². The predicted octanol–water partition coefficient (Wildman–Crippen LogP) is 4.41. The molecule has 2 aromatic carbocycles. The number of methoxy groups -OCH3 is 2. The molecule has 2 aromatic heterocycles. The summed E-state index contributed by atoms with van der Waals surface area (Å²) in [6, 6.07) is 9.06. The molecule has 0 fully saturated rings. The van der Waals surface area contributed by atoms with Crippen LogP contribution in [0.4, 0.5) is 0 Å². The first-order valence-electron chi connectivity index (χ1n) is 9.82. The topological polar surface area (TPSA) is 75.7 Å². The van der Waals surface area contributed by atoms with E-state index in [1.807, 2.05) is 45.3 Å². The van der Waals surface area contributed by atoms with E-state index in [1.165, 1.54) is 0 Å². The Bertz CT molecular complexity index is 1320. The van der Waals surface area contributed by atoms with Gasteiger partial charge >= 0.3 is 0 Å². The molecule has 4 rings (SSSR count). The first kappa shape index (κ1) is 20.5. The van der Waals surface area contributed by atoms with Gasteiger partial charge in [-0.15, -0.1) is 0 Å². The lowest BCUT2D eigenvalue weighted by molar-refractivity contribution is 0.297. The molecule has 0 saturated heterocycles. The average Bonchev–Trinajstić information content (AvgIpc) is 3.19. The van der Waals surface area contributed by atoms with E-state index in [0.717, 1.165) is 16.7 Å². The van der Waals surface area contributed by atoms with Gasteiger partial charge in [0, 0.05) is 24.4 Å². The lowest BCUT2D eigenvalue weighted by Crippen LogP contribution is -2.10. The third-order valence-electron chi connectivity index (χ3n) is 5.25. The number of benzene rings is 2. The number of fused-ring (bicyclic) bond motifs is 1. The largest absolute Gasteiger partial charge is 0.493 e. The minimum Gasteiger partial charge on any atom is -0.493 e. The number of hydrogen-bond donors (Lipinski definition) is 0. The number of nitrogens with zero attached hydrogens (tertiary/aromatic N) is 2. The monoisotopic (exact) mass is 420 g/mol. The van der Waals surface area contributed by atoms with E-state index in [2.05, 4.69) is 5.10 Å². The Morgan fingerprint density at radius 3 is 2.45 bits per heavy atom. The van der Waals surface area contributed by atoms with Gasteiger partial charge in [0.2, 0.25) is 11.2 Å². The van der Waals surface area contributed by atoms with Crippen LogP contribution < -0.4 is 19.6 Å². The lowest BCUT2D eigenvalue weighted by atomic mass is 10.0. The molecule has 2 heterocycles. The second kappa shape index (κ2) is 8.18. The Labute approximate surface area is 179 Å². The number of ether oxygens (including phenoxy) is 3. The molecule has 0 saturated carbocycles. The molecule has 160 valence electrons. The Balaban J connectivity index is 1.91. The van der Waals surface area contributed by atoms with Gasteiger partial charge in [-0.2, -0.15) is 5.10 Å². The van der Waals surface area contributed by atoms with Crippen LogP contribution in [0.3, 0.4) is 0 Å². The minimum atomic E-state index is -0.224. The summed E-state index contributed by atoms with van der Waals surface area (Å²) >= 11 is 0. The molecule has 0 amide bonds. The Kier molecular flexibility index (Phi) is 5.42. The highest BCUT2D eigenvalue weighted by molar-refractivity contribution is 5.83. The summed E-state index contributed by atoms with van der Waals surface area (Å²) in [6.07, 6.45) is 3.54. The van der Waals surface area contributed by atoms with Crippen molar-refractivity contribution in [2.75, 3.05) is 14.2 Å². The van der Waals surface area contributed by atoms with Gasteiger partial charge in [0.15, 0.2) is 17.3 Å². The summed E-state index contributed by atoms with van der Waals surface area (Å²) in [5.41, 5.74) is 3.83. The van der Waals surface area contributed by atoms with Crippen molar-refractivity contribution in [3.8, 4) is 28.6 Å². The summed E-state index contributed by atoms with van der Waals surface area (Å²) in [5, 5.41) is 4.63. The zero-order valence-electron chi connectivity index (χ0n) is 18.2. The van der Waals surface area contributed by atoms with Gasteiger partial charge in [-0.05, 0) is 55.3 Å². The average molecular weight is 420 g/mol. The van der Waals surface area contributed by atoms with Gasteiger partial charge in [0.1, 0.15) is 12.2 Å². The van der Waals surface area contributed by atoms with Crippen LogP contribution in [0, 0.1) is 13.8 Å². The number of aromatic nitrogens is 2. The molecule has 0 bridgehead atoms. The minimum absolute atomic E-state index is 0.145. The highest BCUT2D eigenvalue weighted by atomic mass is 16.5. The zero-order valence-corrected chi connectivity index (χ0v) is 18.2. The number of aryl methyl sites for hydroxylation is 3.